The van der Waals surface area contributed by atoms with Crippen LogP contribution in [0.1, 0.15) is 31.2 Å². The summed E-state index contributed by atoms with van der Waals surface area (Å²) in [4.78, 5) is 14.1. The summed E-state index contributed by atoms with van der Waals surface area (Å²) < 4.78 is 0. The molecule has 0 heterocycles. The minimum atomic E-state index is 0.0121. The van der Waals surface area contributed by atoms with Gasteiger partial charge in [0.25, 0.3) is 0 Å². The van der Waals surface area contributed by atoms with Crippen LogP contribution in [-0.2, 0) is 11.3 Å². The van der Waals surface area contributed by atoms with Crippen molar-refractivity contribution in [1.82, 2.24) is 4.90 Å². The highest BCUT2D eigenvalue weighted by atomic mass is 16.2. The Bertz CT molecular complexity index is 424. The number of rotatable bonds is 10. The number of hydrogen-bond donors (Lipinski definition) is 3. The van der Waals surface area contributed by atoms with E-state index in [-0.39, 0.29) is 12.5 Å². The largest absolute Gasteiger partial charge is 0.396 e. The molecule has 0 bridgehead atoms. The van der Waals surface area contributed by atoms with Gasteiger partial charge in [0.05, 0.1) is 0 Å². The summed E-state index contributed by atoms with van der Waals surface area (Å²) in [5.41, 5.74) is 7.40. The lowest BCUT2D eigenvalue weighted by Gasteiger charge is -2.16. The Labute approximate surface area is 127 Å². The Kier molecular flexibility index (Phi) is 8.66. The molecule has 0 unspecified atom stereocenters. The maximum absolute atomic E-state index is 11.9. The number of hydrogen-bond acceptors (Lipinski definition) is 4. The Balaban J connectivity index is 2.27. The second-order valence-electron chi connectivity index (χ2n) is 5.25. The predicted octanol–water partition coefficient (Wildman–Crippen LogP) is 1.57. The second-order valence-corrected chi connectivity index (χ2v) is 5.25. The van der Waals surface area contributed by atoms with Crippen molar-refractivity contribution in [3.05, 3.63) is 29.8 Å². The van der Waals surface area contributed by atoms with Crippen LogP contribution in [0.5, 0.6) is 0 Å². The van der Waals surface area contributed by atoms with Gasteiger partial charge in [0, 0.05) is 31.8 Å². The van der Waals surface area contributed by atoms with Crippen LogP contribution in [0.4, 0.5) is 5.69 Å². The van der Waals surface area contributed by atoms with Gasteiger partial charge in [0.1, 0.15) is 0 Å². The zero-order valence-electron chi connectivity index (χ0n) is 12.8. The molecule has 0 atom stereocenters. The fourth-order valence-corrected chi connectivity index (χ4v) is 2.11. The molecule has 0 saturated carbocycles. The first-order valence-electron chi connectivity index (χ1n) is 7.54. The Hall–Kier alpha value is -1.43. The molecule has 4 N–H and O–H groups in total. The maximum atomic E-state index is 11.9. The third kappa shape index (κ3) is 7.22. The van der Waals surface area contributed by atoms with Gasteiger partial charge in [-0.25, -0.2) is 0 Å². The second kappa shape index (κ2) is 10.3. The minimum absolute atomic E-state index is 0.0121. The summed E-state index contributed by atoms with van der Waals surface area (Å²) in [5.74, 6) is 0.0121. The van der Waals surface area contributed by atoms with E-state index in [1.54, 1.807) is 0 Å². The van der Waals surface area contributed by atoms with Crippen LogP contribution in [-0.4, -0.2) is 42.7 Å². The lowest BCUT2D eigenvalue weighted by atomic mass is 10.1. The highest BCUT2D eigenvalue weighted by Crippen LogP contribution is 2.14. The number of carbonyl (C=O) groups excluding carboxylic acids is 1. The topological polar surface area (TPSA) is 78.6 Å². The zero-order chi connectivity index (χ0) is 15.5. The number of nitrogens with one attached hydrogen (secondary N) is 1. The summed E-state index contributed by atoms with van der Waals surface area (Å²) in [6, 6.07) is 7.60. The summed E-state index contributed by atoms with van der Waals surface area (Å²) in [6.07, 6.45) is 3.39. The molecule has 0 fully saturated rings. The van der Waals surface area contributed by atoms with Gasteiger partial charge < -0.3 is 21.1 Å². The fraction of sp³-hybridized carbons (Fsp3) is 0.562. The Morgan fingerprint density at radius 3 is 2.71 bits per heavy atom. The van der Waals surface area contributed by atoms with Crippen molar-refractivity contribution >= 4 is 11.6 Å². The number of nitrogens with zero attached hydrogens (tertiary/aromatic N) is 1. The van der Waals surface area contributed by atoms with E-state index >= 15 is 0 Å². The van der Waals surface area contributed by atoms with Crippen LogP contribution in [0.15, 0.2) is 24.3 Å². The predicted molar refractivity (Wildman–Crippen MR) is 86.0 cm³/mol. The SMILES string of the molecule is CN(CCCCCO)CCC(=O)Nc1ccccc1CN. The third-order valence-corrected chi connectivity index (χ3v) is 3.43. The number of carbonyl (C=O) groups is 1. The molecule has 0 radical (unpaired) electrons. The van der Waals surface area contributed by atoms with Crippen molar-refractivity contribution in [2.24, 2.45) is 5.73 Å². The molecule has 5 heteroatoms. The fourth-order valence-electron chi connectivity index (χ4n) is 2.11. The zero-order valence-corrected chi connectivity index (χ0v) is 12.8. The molecule has 0 aliphatic carbocycles. The van der Waals surface area contributed by atoms with Crippen LogP contribution in [0.3, 0.4) is 0 Å². The standard InChI is InChI=1S/C16H27N3O2/c1-19(10-5-2-6-12-20)11-9-16(21)18-15-8-4-3-7-14(15)13-17/h3-4,7-8,20H,2,5-6,9-13,17H2,1H3,(H,18,21). The Morgan fingerprint density at radius 2 is 2.00 bits per heavy atom. The van der Waals surface area contributed by atoms with Crippen LogP contribution in [0, 0.1) is 0 Å². The molecule has 0 aliphatic rings. The number of nitrogens with two attached hydrogens (primary N) is 1. The Morgan fingerprint density at radius 1 is 1.24 bits per heavy atom. The van der Waals surface area contributed by atoms with Crippen molar-refractivity contribution in [2.45, 2.75) is 32.2 Å². The van der Waals surface area contributed by atoms with Gasteiger partial charge in [0.15, 0.2) is 0 Å². The van der Waals surface area contributed by atoms with E-state index in [1.807, 2.05) is 31.3 Å². The first-order valence-corrected chi connectivity index (χ1v) is 7.54. The lowest BCUT2D eigenvalue weighted by Crippen LogP contribution is -2.25. The van der Waals surface area contributed by atoms with E-state index in [4.69, 9.17) is 10.8 Å². The molecule has 1 amide bonds. The number of benzene rings is 1. The molecule has 21 heavy (non-hydrogen) atoms. The average Bonchev–Trinajstić information content (AvgIpc) is 2.50. The highest BCUT2D eigenvalue weighted by molar-refractivity contribution is 5.91. The maximum Gasteiger partial charge on any atom is 0.225 e. The number of para-hydroxylation sites is 1. The normalized spacial score (nSPS) is 10.9. The van der Waals surface area contributed by atoms with Gasteiger partial charge in [-0.2, -0.15) is 0 Å². The quantitative estimate of drug-likeness (QED) is 0.572. The molecule has 1 rings (SSSR count). The van der Waals surface area contributed by atoms with Crippen molar-refractivity contribution < 1.29 is 9.90 Å². The van der Waals surface area contributed by atoms with E-state index in [0.29, 0.717) is 13.0 Å². The van der Waals surface area contributed by atoms with Gasteiger partial charge in [0.2, 0.25) is 5.91 Å². The summed E-state index contributed by atoms with van der Waals surface area (Å²) in [7, 11) is 2.01. The smallest absolute Gasteiger partial charge is 0.225 e. The molecule has 118 valence electrons. The van der Waals surface area contributed by atoms with E-state index < -0.39 is 0 Å². The van der Waals surface area contributed by atoms with Crippen molar-refractivity contribution in [2.75, 3.05) is 32.1 Å². The van der Waals surface area contributed by atoms with E-state index in [1.165, 1.54) is 0 Å². The molecular formula is C16H27N3O2. The van der Waals surface area contributed by atoms with E-state index in [9.17, 15) is 4.79 Å². The van der Waals surface area contributed by atoms with Gasteiger partial charge in [-0.15, -0.1) is 0 Å². The van der Waals surface area contributed by atoms with Gasteiger partial charge in [-0.3, -0.25) is 4.79 Å². The molecule has 5 nitrogen and oxygen atoms in total. The first-order chi connectivity index (χ1) is 10.2. The number of amides is 1. The molecule has 1 aromatic rings. The van der Waals surface area contributed by atoms with Gasteiger partial charge in [-0.1, -0.05) is 18.2 Å². The van der Waals surface area contributed by atoms with Crippen LogP contribution in [0.25, 0.3) is 0 Å². The van der Waals surface area contributed by atoms with Crippen LogP contribution in [0.2, 0.25) is 0 Å². The number of unbranched alkanes of at least 4 members (excludes halogenated alkanes) is 2. The molecule has 0 spiro atoms. The van der Waals surface area contributed by atoms with E-state index in [2.05, 4.69) is 10.2 Å². The van der Waals surface area contributed by atoms with Gasteiger partial charge in [-0.05, 0) is 44.5 Å². The van der Waals surface area contributed by atoms with Crippen LogP contribution < -0.4 is 11.1 Å². The van der Waals surface area contributed by atoms with Crippen molar-refractivity contribution in [3.63, 3.8) is 0 Å². The minimum Gasteiger partial charge on any atom is -0.396 e. The third-order valence-electron chi connectivity index (χ3n) is 3.43. The molecule has 0 aliphatic heterocycles. The molecule has 0 saturated heterocycles. The number of aliphatic hydroxyl groups excluding tert-OH is 1. The van der Waals surface area contributed by atoms with Crippen molar-refractivity contribution in [3.8, 4) is 0 Å². The monoisotopic (exact) mass is 293 g/mol. The molecule has 0 aromatic heterocycles. The van der Waals surface area contributed by atoms with Crippen LogP contribution >= 0.6 is 0 Å². The number of anilines is 1. The van der Waals surface area contributed by atoms with Gasteiger partial charge >= 0.3 is 0 Å². The number of aliphatic hydroxyl groups is 1. The summed E-state index contributed by atoms with van der Waals surface area (Å²) >= 11 is 0. The average molecular weight is 293 g/mol. The summed E-state index contributed by atoms with van der Waals surface area (Å²) in [6.45, 7) is 2.36. The lowest BCUT2D eigenvalue weighted by molar-refractivity contribution is -0.116. The summed E-state index contributed by atoms with van der Waals surface area (Å²) in [5, 5.41) is 11.6. The molecular weight excluding hydrogens is 266 g/mol. The highest BCUT2D eigenvalue weighted by Gasteiger charge is 2.07. The molecule has 1 aromatic carbocycles. The van der Waals surface area contributed by atoms with E-state index in [0.717, 1.165) is 43.6 Å². The first kappa shape index (κ1) is 17.6. The van der Waals surface area contributed by atoms with Crippen molar-refractivity contribution in [1.29, 1.82) is 0 Å².